The van der Waals surface area contributed by atoms with Crippen LogP contribution in [0.2, 0.25) is 0 Å². The molecule has 0 aromatic heterocycles. The van der Waals surface area contributed by atoms with Gasteiger partial charge in [0.15, 0.2) is 11.5 Å². The number of aliphatic hydroxyl groups excluding tert-OH is 2. The van der Waals surface area contributed by atoms with Crippen LogP contribution in [0.25, 0.3) is 0 Å². The normalized spacial score (nSPS) is 14.9. The Morgan fingerprint density at radius 2 is 2.25 bits per heavy atom. The van der Waals surface area contributed by atoms with Gasteiger partial charge in [-0.15, -0.1) is 0 Å². The molecule has 0 spiro atoms. The number of hydrogen-bond donors (Lipinski definition) is 2. The largest absolute Gasteiger partial charge is 0.493 e. The van der Waals surface area contributed by atoms with Gasteiger partial charge in [-0.2, -0.15) is 0 Å². The molecule has 0 amide bonds. The number of methoxy groups -OCH3 is 1. The Balaban J connectivity index is 2.27. The van der Waals surface area contributed by atoms with Crippen molar-refractivity contribution in [2.75, 3.05) is 20.5 Å². The third kappa shape index (κ3) is 2.05. The summed E-state index contributed by atoms with van der Waals surface area (Å²) in [4.78, 5) is 0. The lowest BCUT2D eigenvalue weighted by molar-refractivity contribution is 0.0954. The summed E-state index contributed by atoms with van der Waals surface area (Å²) in [5, 5.41) is 18.1. The summed E-state index contributed by atoms with van der Waals surface area (Å²) in [6.07, 6.45) is -0.422. The summed E-state index contributed by atoms with van der Waals surface area (Å²) in [7, 11) is 1.55. The van der Waals surface area contributed by atoms with Crippen LogP contribution >= 0.6 is 0 Å². The van der Waals surface area contributed by atoms with Crippen LogP contribution < -0.4 is 14.2 Å². The molecule has 0 aliphatic carbocycles. The summed E-state index contributed by atoms with van der Waals surface area (Å²) in [5.41, 5.74) is 0.836. The van der Waals surface area contributed by atoms with Gasteiger partial charge in [0.2, 0.25) is 12.5 Å². The van der Waals surface area contributed by atoms with Crippen LogP contribution in [-0.4, -0.2) is 36.8 Å². The Morgan fingerprint density at radius 3 is 2.94 bits per heavy atom. The average molecular weight is 226 g/mol. The molecule has 5 nitrogen and oxygen atoms in total. The molecule has 1 aliphatic heterocycles. The monoisotopic (exact) mass is 226 g/mol. The minimum atomic E-state index is -0.773. The molecular weight excluding hydrogens is 212 g/mol. The molecule has 88 valence electrons. The van der Waals surface area contributed by atoms with Crippen molar-refractivity contribution < 1.29 is 24.4 Å². The van der Waals surface area contributed by atoms with Crippen LogP contribution in [0.5, 0.6) is 17.2 Å². The van der Waals surface area contributed by atoms with E-state index >= 15 is 0 Å². The van der Waals surface area contributed by atoms with Gasteiger partial charge in [-0.05, 0) is 17.7 Å². The second-order valence-corrected chi connectivity index (χ2v) is 3.57. The van der Waals surface area contributed by atoms with Crippen molar-refractivity contribution in [2.45, 2.75) is 12.5 Å². The first-order chi connectivity index (χ1) is 7.74. The van der Waals surface area contributed by atoms with Crippen LogP contribution in [-0.2, 0) is 6.42 Å². The Hall–Kier alpha value is -1.46. The molecule has 1 atom stereocenters. The standard InChI is InChI=1S/C11H14O5/c1-14-9-3-7(2-8(13)5-12)4-10-11(9)16-6-15-10/h3-4,8,12-13H,2,5-6H2,1H3. The van der Waals surface area contributed by atoms with Crippen LogP contribution in [0.4, 0.5) is 0 Å². The first-order valence-corrected chi connectivity index (χ1v) is 5.00. The van der Waals surface area contributed by atoms with Crippen molar-refractivity contribution in [1.29, 1.82) is 0 Å². The maximum atomic E-state index is 9.36. The molecule has 1 unspecified atom stereocenters. The number of rotatable bonds is 4. The van der Waals surface area contributed by atoms with Gasteiger partial charge in [-0.3, -0.25) is 0 Å². The quantitative estimate of drug-likeness (QED) is 0.773. The van der Waals surface area contributed by atoms with Crippen LogP contribution in [0, 0.1) is 0 Å². The van der Waals surface area contributed by atoms with E-state index in [9.17, 15) is 5.11 Å². The van der Waals surface area contributed by atoms with Gasteiger partial charge in [0.1, 0.15) is 0 Å². The topological polar surface area (TPSA) is 68.2 Å². The third-order valence-corrected chi connectivity index (χ3v) is 2.40. The predicted octanol–water partition coefficient (Wildman–Crippen LogP) is 0.320. The predicted molar refractivity (Wildman–Crippen MR) is 55.9 cm³/mol. The highest BCUT2D eigenvalue weighted by Gasteiger charge is 2.20. The number of aliphatic hydroxyl groups is 2. The van der Waals surface area contributed by atoms with Gasteiger partial charge in [-0.1, -0.05) is 0 Å². The SMILES string of the molecule is COc1cc(CC(O)CO)cc2c1OCO2. The van der Waals surface area contributed by atoms with Gasteiger partial charge in [0, 0.05) is 6.42 Å². The lowest BCUT2D eigenvalue weighted by Gasteiger charge is -2.10. The van der Waals surface area contributed by atoms with Gasteiger partial charge >= 0.3 is 0 Å². The molecule has 0 fully saturated rings. The molecule has 0 bridgehead atoms. The van der Waals surface area contributed by atoms with Crippen molar-refractivity contribution >= 4 is 0 Å². The number of ether oxygens (including phenoxy) is 3. The maximum Gasteiger partial charge on any atom is 0.231 e. The smallest absolute Gasteiger partial charge is 0.231 e. The van der Waals surface area contributed by atoms with E-state index in [-0.39, 0.29) is 13.4 Å². The zero-order valence-corrected chi connectivity index (χ0v) is 8.97. The van der Waals surface area contributed by atoms with Gasteiger partial charge in [0.05, 0.1) is 19.8 Å². The summed E-state index contributed by atoms with van der Waals surface area (Å²) in [6, 6.07) is 3.55. The lowest BCUT2D eigenvalue weighted by atomic mass is 10.1. The summed E-state index contributed by atoms with van der Waals surface area (Å²) >= 11 is 0. The van der Waals surface area contributed by atoms with Crippen LogP contribution in [0.3, 0.4) is 0 Å². The minimum absolute atomic E-state index is 0.178. The number of hydrogen-bond acceptors (Lipinski definition) is 5. The fourth-order valence-electron chi connectivity index (χ4n) is 1.64. The molecule has 5 heteroatoms. The molecule has 1 aromatic carbocycles. The third-order valence-electron chi connectivity index (χ3n) is 2.40. The van der Waals surface area contributed by atoms with E-state index in [0.29, 0.717) is 23.7 Å². The van der Waals surface area contributed by atoms with Crippen LogP contribution in [0.15, 0.2) is 12.1 Å². The Bertz CT molecular complexity index is 377. The summed E-state index contributed by atoms with van der Waals surface area (Å²) < 4.78 is 15.7. The summed E-state index contributed by atoms with van der Waals surface area (Å²) in [6.45, 7) is -0.0888. The van der Waals surface area contributed by atoms with Gasteiger partial charge < -0.3 is 24.4 Å². The van der Waals surface area contributed by atoms with E-state index in [1.807, 2.05) is 0 Å². The van der Waals surface area contributed by atoms with Crippen molar-refractivity contribution in [3.05, 3.63) is 17.7 Å². The number of benzene rings is 1. The van der Waals surface area contributed by atoms with Crippen molar-refractivity contribution in [1.82, 2.24) is 0 Å². The zero-order chi connectivity index (χ0) is 11.5. The Kier molecular flexibility index (Phi) is 3.17. The van der Waals surface area contributed by atoms with E-state index < -0.39 is 6.10 Å². The molecule has 0 saturated carbocycles. The van der Waals surface area contributed by atoms with Crippen LogP contribution in [0.1, 0.15) is 5.56 Å². The molecule has 2 rings (SSSR count). The lowest BCUT2D eigenvalue weighted by Crippen LogP contribution is -2.15. The average Bonchev–Trinajstić information content (AvgIpc) is 2.75. The number of fused-ring (bicyclic) bond motifs is 1. The molecule has 0 saturated heterocycles. The highest BCUT2D eigenvalue weighted by atomic mass is 16.7. The molecule has 1 aromatic rings. The van der Waals surface area contributed by atoms with Gasteiger partial charge in [0.25, 0.3) is 0 Å². The zero-order valence-electron chi connectivity index (χ0n) is 8.97. The van der Waals surface area contributed by atoms with E-state index in [2.05, 4.69) is 0 Å². The fraction of sp³-hybridized carbons (Fsp3) is 0.455. The van der Waals surface area contributed by atoms with E-state index in [4.69, 9.17) is 19.3 Å². The van der Waals surface area contributed by atoms with Crippen molar-refractivity contribution in [3.63, 3.8) is 0 Å². The highest BCUT2D eigenvalue weighted by Crippen LogP contribution is 2.41. The molecule has 1 heterocycles. The van der Waals surface area contributed by atoms with Gasteiger partial charge in [-0.25, -0.2) is 0 Å². The highest BCUT2D eigenvalue weighted by molar-refractivity contribution is 5.55. The first-order valence-electron chi connectivity index (χ1n) is 5.00. The second-order valence-electron chi connectivity index (χ2n) is 3.57. The molecular formula is C11H14O5. The van der Waals surface area contributed by atoms with E-state index in [0.717, 1.165) is 5.56 Å². The Labute approximate surface area is 93.2 Å². The van der Waals surface area contributed by atoms with Crippen molar-refractivity contribution in [2.24, 2.45) is 0 Å². The van der Waals surface area contributed by atoms with E-state index in [1.54, 1.807) is 19.2 Å². The Morgan fingerprint density at radius 1 is 1.44 bits per heavy atom. The van der Waals surface area contributed by atoms with Crippen molar-refractivity contribution in [3.8, 4) is 17.2 Å². The molecule has 0 radical (unpaired) electrons. The van der Waals surface area contributed by atoms with E-state index in [1.165, 1.54) is 0 Å². The second kappa shape index (κ2) is 4.59. The molecule has 2 N–H and O–H groups in total. The maximum absolute atomic E-state index is 9.36. The minimum Gasteiger partial charge on any atom is -0.493 e. The molecule has 1 aliphatic rings. The first kappa shape index (κ1) is 11.0. The fourth-order valence-corrected chi connectivity index (χ4v) is 1.64. The molecule has 16 heavy (non-hydrogen) atoms. The summed E-state index contributed by atoms with van der Waals surface area (Å²) in [5.74, 6) is 1.78.